The zero-order valence-electron chi connectivity index (χ0n) is 18.5. The predicted octanol–water partition coefficient (Wildman–Crippen LogP) is 5.93. The van der Waals surface area contributed by atoms with Crippen LogP contribution in [-0.4, -0.2) is 40.2 Å². The standard InChI is InChI=1S/C26H27BrN2O2S/c1-26(2,3)29(25(31)19-10-7-11-20(27)16-19)17-23(30)28-14-12-22-21(13-15-32-22)24(28)18-8-5-4-6-9-18/h4-11,13,15-16,24H,12,14,17H2,1-3H3. The molecule has 0 N–H and O–H groups in total. The number of hydrogen-bond donors (Lipinski definition) is 0. The van der Waals surface area contributed by atoms with Crippen LogP contribution in [0.4, 0.5) is 0 Å². The lowest BCUT2D eigenvalue weighted by Gasteiger charge is -2.40. The molecule has 3 aromatic rings. The van der Waals surface area contributed by atoms with Crippen molar-refractivity contribution in [3.63, 3.8) is 0 Å². The first-order valence-electron chi connectivity index (χ1n) is 10.7. The highest BCUT2D eigenvalue weighted by molar-refractivity contribution is 9.10. The molecule has 0 fully saturated rings. The van der Waals surface area contributed by atoms with Gasteiger partial charge in [-0.15, -0.1) is 11.3 Å². The van der Waals surface area contributed by atoms with Crippen molar-refractivity contribution in [2.24, 2.45) is 0 Å². The molecule has 1 unspecified atom stereocenters. The Morgan fingerprint density at radius 1 is 1.09 bits per heavy atom. The summed E-state index contributed by atoms with van der Waals surface area (Å²) in [6.45, 7) is 6.60. The molecule has 2 amide bonds. The molecule has 6 heteroatoms. The number of amides is 2. The number of hydrogen-bond acceptors (Lipinski definition) is 3. The molecule has 0 saturated carbocycles. The Balaban J connectivity index is 1.65. The van der Waals surface area contributed by atoms with Gasteiger partial charge >= 0.3 is 0 Å². The highest BCUT2D eigenvalue weighted by Gasteiger charge is 2.36. The molecule has 1 aliphatic heterocycles. The van der Waals surface area contributed by atoms with E-state index in [0.29, 0.717) is 12.1 Å². The smallest absolute Gasteiger partial charge is 0.254 e. The fourth-order valence-corrected chi connectivity index (χ4v) is 5.50. The summed E-state index contributed by atoms with van der Waals surface area (Å²) in [5.74, 6) is -0.175. The van der Waals surface area contributed by atoms with Gasteiger partial charge in [-0.2, -0.15) is 0 Å². The highest BCUT2D eigenvalue weighted by Crippen LogP contribution is 2.38. The van der Waals surface area contributed by atoms with Gasteiger partial charge in [0.15, 0.2) is 0 Å². The molecular weight excluding hydrogens is 484 g/mol. The lowest BCUT2D eigenvalue weighted by Crippen LogP contribution is -2.52. The van der Waals surface area contributed by atoms with Crippen LogP contribution in [-0.2, 0) is 11.2 Å². The van der Waals surface area contributed by atoms with Crippen molar-refractivity contribution in [1.82, 2.24) is 9.80 Å². The number of rotatable bonds is 4. The Bertz CT molecular complexity index is 1120. The van der Waals surface area contributed by atoms with Crippen LogP contribution in [0.3, 0.4) is 0 Å². The summed E-state index contributed by atoms with van der Waals surface area (Å²) in [5, 5.41) is 2.10. The van der Waals surface area contributed by atoms with E-state index < -0.39 is 5.54 Å². The van der Waals surface area contributed by atoms with E-state index in [-0.39, 0.29) is 24.4 Å². The minimum Gasteiger partial charge on any atom is -0.330 e. The second-order valence-corrected chi connectivity index (χ2v) is 10.9. The van der Waals surface area contributed by atoms with Gasteiger partial charge in [-0.05, 0) is 68.0 Å². The average Bonchev–Trinajstić information content (AvgIpc) is 3.25. The van der Waals surface area contributed by atoms with Crippen LogP contribution in [0.5, 0.6) is 0 Å². The third kappa shape index (κ3) is 4.66. The van der Waals surface area contributed by atoms with Crippen LogP contribution >= 0.6 is 27.3 Å². The maximum atomic E-state index is 13.7. The third-order valence-electron chi connectivity index (χ3n) is 5.82. The van der Waals surface area contributed by atoms with Gasteiger partial charge in [-0.25, -0.2) is 0 Å². The van der Waals surface area contributed by atoms with Gasteiger partial charge in [-0.3, -0.25) is 9.59 Å². The highest BCUT2D eigenvalue weighted by atomic mass is 79.9. The van der Waals surface area contributed by atoms with Crippen molar-refractivity contribution < 1.29 is 9.59 Å². The zero-order valence-corrected chi connectivity index (χ0v) is 20.9. The van der Waals surface area contributed by atoms with Crippen LogP contribution < -0.4 is 0 Å². The zero-order chi connectivity index (χ0) is 22.9. The predicted molar refractivity (Wildman–Crippen MR) is 133 cm³/mol. The Labute approximate surface area is 202 Å². The van der Waals surface area contributed by atoms with E-state index in [9.17, 15) is 9.59 Å². The average molecular weight is 511 g/mol. The molecule has 2 heterocycles. The number of nitrogens with zero attached hydrogens (tertiary/aromatic N) is 2. The molecular formula is C26H27BrN2O2S. The van der Waals surface area contributed by atoms with Gasteiger partial charge < -0.3 is 9.80 Å². The van der Waals surface area contributed by atoms with Crippen molar-refractivity contribution in [2.45, 2.75) is 38.8 Å². The van der Waals surface area contributed by atoms with Crippen molar-refractivity contribution in [3.8, 4) is 0 Å². The van der Waals surface area contributed by atoms with Crippen LogP contribution in [0, 0.1) is 0 Å². The molecule has 0 aliphatic carbocycles. The minimum absolute atomic E-state index is 0.0334. The maximum Gasteiger partial charge on any atom is 0.254 e. The quantitative estimate of drug-likeness (QED) is 0.436. The van der Waals surface area contributed by atoms with E-state index in [0.717, 1.165) is 16.5 Å². The number of fused-ring (bicyclic) bond motifs is 1. The summed E-state index contributed by atoms with van der Waals surface area (Å²) < 4.78 is 0.841. The fourth-order valence-electron chi connectivity index (χ4n) is 4.20. The second-order valence-electron chi connectivity index (χ2n) is 9.02. The first-order valence-corrected chi connectivity index (χ1v) is 12.4. The summed E-state index contributed by atoms with van der Waals surface area (Å²) in [6, 6.07) is 19.5. The Morgan fingerprint density at radius 2 is 1.84 bits per heavy atom. The lowest BCUT2D eigenvalue weighted by molar-refractivity contribution is -0.135. The van der Waals surface area contributed by atoms with Crippen LogP contribution in [0.15, 0.2) is 70.5 Å². The molecule has 166 valence electrons. The SMILES string of the molecule is CC(C)(C)N(CC(=O)N1CCc2sccc2C1c1ccccc1)C(=O)c1cccc(Br)c1. The van der Waals surface area contributed by atoms with Gasteiger partial charge in [0, 0.05) is 27.0 Å². The van der Waals surface area contributed by atoms with E-state index in [4.69, 9.17) is 0 Å². The fraction of sp³-hybridized carbons (Fsp3) is 0.308. The Kier molecular flexibility index (Phi) is 6.54. The van der Waals surface area contributed by atoms with Gasteiger partial charge in [0.2, 0.25) is 5.91 Å². The van der Waals surface area contributed by atoms with Crippen molar-refractivity contribution in [3.05, 3.63) is 92.1 Å². The molecule has 2 aromatic carbocycles. The van der Waals surface area contributed by atoms with Gasteiger partial charge in [0.1, 0.15) is 6.54 Å². The lowest BCUT2D eigenvalue weighted by atomic mass is 9.93. The summed E-state index contributed by atoms with van der Waals surface area (Å²) in [4.78, 5) is 32.1. The van der Waals surface area contributed by atoms with Crippen LogP contribution in [0.25, 0.3) is 0 Å². The molecule has 1 atom stereocenters. The van der Waals surface area contributed by atoms with E-state index >= 15 is 0 Å². The summed E-state index contributed by atoms with van der Waals surface area (Å²) >= 11 is 5.20. The van der Waals surface area contributed by atoms with E-state index in [1.807, 2.05) is 56.0 Å². The number of benzene rings is 2. The second kappa shape index (κ2) is 9.20. The number of carbonyl (C=O) groups is 2. The molecule has 1 aliphatic rings. The van der Waals surface area contributed by atoms with Crippen LogP contribution in [0.2, 0.25) is 0 Å². The molecule has 1 aromatic heterocycles. The van der Waals surface area contributed by atoms with Crippen molar-refractivity contribution in [2.75, 3.05) is 13.1 Å². The summed E-state index contributed by atoms with van der Waals surface area (Å²) in [7, 11) is 0. The molecule has 0 saturated heterocycles. The molecule has 0 radical (unpaired) electrons. The molecule has 0 spiro atoms. The number of halogens is 1. The maximum absolute atomic E-state index is 13.7. The first kappa shape index (κ1) is 22.7. The van der Waals surface area contributed by atoms with E-state index in [2.05, 4.69) is 39.5 Å². The molecule has 32 heavy (non-hydrogen) atoms. The Hall–Kier alpha value is -2.44. The van der Waals surface area contributed by atoms with Crippen molar-refractivity contribution >= 4 is 39.1 Å². The monoisotopic (exact) mass is 510 g/mol. The van der Waals surface area contributed by atoms with Crippen LogP contribution in [0.1, 0.15) is 53.2 Å². The third-order valence-corrected chi connectivity index (χ3v) is 7.31. The molecule has 4 nitrogen and oxygen atoms in total. The van der Waals surface area contributed by atoms with Gasteiger partial charge in [0.25, 0.3) is 5.91 Å². The summed E-state index contributed by atoms with van der Waals surface area (Å²) in [6.07, 6.45) is 0.844. The molecule has 4 rings (SSSR count). The normalized spacial score (nSPS) is 15.9. The van der Waals surface area contributed by atoms with E-state index in [1.165, 1.54) is 10.4 Å². The topological polar surface area (TPSA) is 40.6 Å². The Morgan fingerprint density at radius 3 is 2.53 bits per heavy atom. The molecule has 0 bridgehead atoms. The first-order chi connectivity index (χ1) is 15.3. The van der Waals surface area contributed by atoms with Gasteiger partial charge in [0.05, 0.1) is 6.04 Å². The minimum atomic E-state index is -0.499. The number of thiophene rings is 1. The van der Waals surface area contributed by atoms with Gasteiger partial charge in [-0.1, -0.05) is 52.3 Å². The van der Waals surface area contributed by atoms with Crippen molar-refractivity contribution in [1.29, 1.82) is 0 Å². The largest absolute Gasteiger partial charge is 0.330 e. The number of carbonyl (C=O) groups excluding carboxylic acids is 2. The summed E-state index contributed by atoms with van der Waals surface area (Å²) in [5.41, 5.74) is 2.36. The van der Waals surface area contributed by atoms with E-state index in [1.54, 1.807) is 28.4 Å².